The molecule has 0 bridgehead atoms. The quantitative estimate of drug-likeness (QED) is 0.731. The number of nitrogens with zero attached hydrogens (tertiary/aromatic N) is 4. The van der Waals surface area contributed by atoms with Gasteiger partial charge < -0.3 is 0 Å². The number of hydrogen-bond acceptors (Lipinski definition) is 3. The number of aromatic nitrogens is 4. The van der Waals surface area contributed by atoms with Crippen molar-refractivity contribution in [3.8, 4) is 5.95 Å². The fourth-order valence-corrected chi connectivity index (χ4v) is 1.58. The molecular formula is C10H11ClN4. The molecule has 0 aromatic carbocycles. The molecule has 2 heterocycles. The van der Waals surface area contributed by atoms with E-state index in [2.05, 4.69) is 15.0 Å². The summed E-state index contributed by atoms with van der Waals surface area (Å²) in [7, 11) is 0. The van der Waals surface area contributed by atoms with Crippen LogP contribution in [0.2, 0.25) is 0 Å². The van der Waals surface area contributed by atoms with E-state index in [-0.39, 0.29) is 0 Å². The van der Waals surface area contributed by atoms with E-state index in [9.17, 15) is 0 Å². The predicted molar refractivity (Wildman–Crippen MR) is 58.2 cm³/mol. The summed E-state index contributed by atoms with van der Waals surface area (Å²) >= 11 is 5.74. The molecule has 0 spiro atoms. The van der Waals surface area contributed by atoms with Crippen LogP contribution in [0, 0.1) is 13.8 Å². The standard InChI is InChI=1S/C10H11ClN4/c1-7-9(5-11)6-13-10(14-7)15-4-3-12-8(15)2/h3-4,6H,5H2,1-2H3. The van der Waals surface area contributed by atoms with Crippen molar-refractivity contribution in [1.29, 1.82) is 0 Å². The Bertz CT molecular complexity index is 478. The maximum atomic E-state index is 5.74. The normalized spacial score (nSPS) is 10.6. The Balaban J connectivity index is 2.47. The third-order valence-electron chi connectivity index (χ3n) is 2.25. The minimum Gasteiger partial charge on any atom is -0.272 e. The Morgan fingerprint density at radius 1 is 1.33 bits per heavy atom. The number of halogens is 1. The summed E-state index contributed by atoms with van der Waals surface area (Å²) < 4.78 is 1.84. The zero-order valence-corrected chi connectivity index (χ0v) is 9.36. The van der Waals surface area contributed by atoms with Gasteiger partial charge in [-0.15, -0.1) is 11.6 Å². The maximum absolute atomic E-state index is 5.74. The van der Waals surface area contributed by atoms with Crippen LogP contribution in [0.5, 0.6) is 0 Å². The molecule has 2 aromatic rings. The van der Waals surface area contributed by atoms with Gasteiger partial charge in [-0.1, -0.05) is 0 Å². The molecule has 0 amide bonds. The van der Waals surface area contributed by atoms with Crippen LogP contribution in [0.3, 0.4) is 0 Å². The van der Waals surface area contributed by atoms with Gasteiger partial charge in [0.05, 0.1) is 5.88 Å². The molecular weight excluding hydrogens is 212 g/mol. The smallest absolute Gasteiger partial charge is 0.235 e. The molecule has 0 saturated carbocycles. The van der Waals surface area contributed by atoms with Crippen LogP contribution in [-0.4, -0.2) is 19.5 Å². The van der Waals surface area contributed by atoms with Crippen molar-refractivity contribution in [3.63, 3.8) is 0 Å². The van der Waals surface area contributed by atoms with Crippen LogP contribution in [0.1, 0.15) is 17.1 Å². The highest BCUT2D eigenvalue weighted by molar-refractivity contribution is 6.17. The summed E-state index contributed by atoms with van der Waals surface area (Å²) in [4.78, 5) is 12.7. The number of hydrogen-bond donors (Lipinski definition) is 0. The van der Waals surface area contributed by atoms with E-state index >= 15 is 0 Å². The molecule has 0 saturated heterocycles. The average Bonchev–Trinajstić information content (AvgIpc) is 2.64. The first-order valence-corrected chi connectivity index (χ1v) is 5.14. The highest BCUT2D eigenvalue weighted by Crippen LogP contribution is 2.10. The van der Waals surface area contributed by atoms with Crippen molar-refractivity contribution in [2.75, 3.05) is 0 Å². The Morgan fingerprint density at radius 3 is 2.67 bits per heavy atom. The molecule has 0 aliphatic rings. The third-order valence-corrected chi connectivity index (χ3v) is 2.54. The topological polar surface area (TPSA) is 43.6 Å². The lowest BCUT2D eigenvalue weighted by molar-refractivity contribution is 0.863. The fraction of sp³-hybridized carbons (Fsp3) is 0.300. The first kappa shape index (κ1) is 10.1. The van der Waals surface area contributed by atoms with Gasteiger partial charge in [0, 0.05) is 29.8 Å². The fourth-order valence-electron chi connectivity index (χ4n) is 1.32. The molecule has 0 N–H and O–H groups in total. The Morgan fingerprint density at radius 2 is 2.13 bits per heavy atom. The molecule has 0 fully saturated rings. The lowest BCUT2D eigenvalue weighted by Gasteiger charge is -2.05. The number of aryl methyl sites for hydroxylation is 2. The van der Waals surface area contributed by atoms with Crippen molar-refractivity contribution >= 4 is 11.6 Å². The van der Waals surface area contributed by atoms with Crippen molar-refractivity contribution in [3.05, 3.63) is 35.7 Å². The second kappa shape index (κ2) is 3.98. The highest BCUT2D eigenvalue weighted by Gasteiger charge is 2.05. The van der Waals surface area contributed by atoms with Crippen LogP contribution in [0.4, 0.5) is 0 Å². The summed E-state index contributed by atoms with van der Waals surface area (Å²) in [6, 6.07) is 0. The first-order valence-electron chi connectivity index (χ1n) is 4.61. The lowest BCUT2D eigenvalue weighted by atomic mass is 10.3. The Kier molecular flexibility index (Phi) is 2.68. The molecule has 2 rings (SSSR count). The molecule has 0 aliphatic carbocycles. The molecule has 15 heavy (non-hydrogen) atoms. The van der Waals surface area contributed by atoms with E-state index in [0.29, 0.717) is 11.8 Å². The molecule has 2 aromatic heterocycles. The molecule has 0 atom stereocenters. The minimum atomic E-state index is 0.440. The predicted octanol–water partition coefficient (Wildman–Crippen LogP) is 2.02. The van der Waals surface area contributed by atoms with Gasteiger partial charge in [-0.25, -0.2) is 15.0 Å². The zero-order valence-electron chi connectivity index (χ0n) is 8.61. The molecule has 4 nitrogen and oxygen atoms in total. The number of alkyl halides is 1. The summed E-state index contributed by atoms with van der Waals surface area (Å²) in [5, 5.41) is 0. The second-order valence-electron chi connectivity index (χ2n) is 3.26. The molecule has 0 aliphatic heterocycles. The Hall–Kier alpha value is -1.42. The first-order chi connectivity index (χ1) is 7.22. The van der Waals surface area contributed by atoms with Gasteiger partial charge in [0.15, 0.2) is 0 Å². The van der Waals surface area contributed by atoms with E-state index in [1.165, 1.54) is 0 Å². The number of imidazole rings is 1. The van der Waals surface area contributed by atoms with Crippen LogP contribution in [-0.2, 0) is 5.88 Å². The van der Waals surface area contributed by atoms with E-state index in [4.69, 9.17) is 11.6 Å². The summed E-state index contributed by atoms with van der Waals surface area (Å²) in [5.41, 5.74) is 1.86. The van der Waals surface area contributed by atoms with Crippen LogP contribution in [0.25, 0.3) is 5.95 Å². The SMILES string of the molecule is Cc1nc(-n2ccnc2C)ncc1CCl. The van der Waals surface area contributed by atoms with Crippen LogP contribution in [0.15, 0.2) is 18.6 Å². The van der Waals surface area contributed by atoms with Crippen LogP contribution >= 0.6 is 11.6 Å². The summed E-state index contributed by atoms with van der Waals surface area (Å²) in [5.74, 6) is 1.94. The monoisotopic (exact) mass is 222 g/mol. The van der Waals surface area contributed by atoms with Gasteiger partial charge in [-0.2, -0.15) is 0 Å². The van der Waals surface area contributed by atoms with Gasteiger partial charge >= 0.3 is 0 Å². The third kappa shape index (κ3) is 1.85. The van der Waals surface area contributed by atoms with E-state index in [1.54, 1.807) is 12.4 Å². The van der Waals surface area contributed by atoms with Crippen molar-refractivity contribution in [1.82, 2.24) is 19.5 Å². The number of rotatable bonds is 2. The average molecular weight is 223 g/mol. The van der Waals surface area contributed by atoms with Crippen molar-refractivity contribution in [2.24, 2.45) is 0 Å². The van der Waals surface area contributed by atoms with E-state index < -0.39 is 0 Å². The van der Waals surface area contributed by atoms with Gasteiger partial charge in [0.1, 0.15) is 5.82 Å². The van der Waals surface area contributed by atoms with Gasteiger partial charge in [0.2, 0.25) is 5.95 Å². The lowest BCUT2D eigenvalue weighted by Crippen LogP contribution is -2.04. The van der Waals surface area contributed by atoms with Crippen molar-refractivity contribution in [2.45, 2.75) is 19.7 Å². The second-order valence-corrected chi connectivity index (χ2v) is 3.53. The van der Waals surface area contributed by atoms with Gasteiger partial charge in [-0.3, -0.25) is 4.57 Å². The minimum absolute atomic E-state index is 0.440. The molecule has 0 unspecified atom stereocenters. The van der Waals surface area contributed by atoms with Gasteiger partial charge in [0.25, 0.3) is 0 Å². The molecule has 78 valence electrons. The molecule has 5 heteroatoms. The zero-order chi connectivity index (χ0) is 10.8. The Labute approximate surface area is 93.0 Å². The van der Waals surface area contributed by atoms with Gasteiger partial charge in [-0.05, 0) is 13.8 Å². The summed E-state index contributed by atoms with van der Waals surface area (Å²) in [6.07, 6.45) is 5.32. The van der Waals surface area contributed by atoms with Crippen LogP contribution < -0.4 is 0 Å². The van der Waals surface area contributed by atoms with Crippen molar-refractivity contribution < 1.29 is 0 Å². The largest absolute Gasteiger partial charge is 0.272 e. The summed E-state index contributed by atoms with van der Waals surface area (Å²) in [6.45, 7) is 3.84. The van der Waals surface area contributed by atoms with E-state index in [1.807, 2.05) is 24.6 Å². The molecule has 0 radical (unpaired) electrons. The van der Waals surface area contributed by atoms with E-state index in [0.717, 1.165) is 17.1 Å². The maximum Gasteiger partial charge on any atom is 0.235 e. The highest BCUT2D eigenvalue weighted by atomic mass is 35.5.